The van der Waals surface area contributed by atoms with Crippen LogP contribution in [0.3, 0.4) is 0 Å². The second kappa shape index (κ2) is 6.79. The summed E-state index contributed by atoms with van der Waals surface area (Å²) in [6.07, 6.45) is 2.23. The maximum absolute atomic E-state index is 11.6. The van der Waals surface area contributed by atoms with Gasteiger partial charge in [-0.15, -0.1) is 0 Å². The Balaban J connectivity index is 3.91. The van der Waals surface area contributed by atoms with Gasteiger partial charge in [0.25, 0.3) is 0 Å². The lowest BCUT2D eigenvalue weighted by molar-refractivity contribution is -0.132. The minimum absolute atomic E-state index is 0.0839. The number of nitrogens with two attached hydrogens (primary N) is 1. The van der Waals surface area contributed by atoms with Crippen molar-refractivity contribution in [1.82, 2.24) is 4.90 Å². The van der Waals surface area contributed by atoms with Crippen LogP contribution < -0.4 is 5.73 Å². The Morgan fingerprint density at radius 1 is 1.57 bits per heavy atom. The van der Waals surface area contributed by atoms with Gasteiger partial charge < -0.3 is 15.7 Å². The van der Waals surface area contributed by atoms with Gasteiger partial charge in [0.15, 0.2) is 0 Å². The molecule has 0 fully saturated rings. The Hall–Kier alpha value is -0.610. The SMILES string of the molecule is CCCC[C@H](N)C(=O)N(C)CC(C)O. The molecule has 14 heavy (non-hydrogen) atoms. The third-order valence-corrected chi connectivity index (χ3v) is 2.10. The zero-order valence-corrected chi connectivity index (χ0v) is 9.36. The zero-order valence-electron chi connectivity index (χ0n) is 9.36. The van der Waals surface area contributed by atoms with Gasteiger partial charge in [0.1, 0.15) is 0 Å². The summed E-state index contributed by atoms with van der Waals surface area (Å²) in [4.78, 5) is 13.1. The number of rotatable bonds is 6. The number of aliphatic hydroxyl groups excluding tert-OH is 1. The summed E-state index contributed by atoms with van der Waals surface area (Å²) in [5.74, 6) is -0.0839. The van der Waals surface area contributed by atoms with Crippen molar-refractivity contribution >= 4 is 5.91 Å². The van der Waals surface area contributed by atoms with Crippen LogP contribution in [0.25, 0.3) is 0 Å². The van der Waals surface area contributed by atoms with Gasteiger partial charge in [0.05, 0.1) is 12.1 Å². The molecule has 0 heterocycles. The molecule has 1 amide bonds. The summed E-state index contributed by atoms with van der Waals surface area (Å²) in [7, 11) is 1.67. The molecule has 0 bridgehead atoms. The number of carbonyl (C=O) groups is 1. The second-order valence-electron chi connectivity index (χ2n) is 3.82. The highest BCUT2D eigenvalue weighted by atomic mass is 16.3. The van der Waals surface area contributed by atoms with Crippen molar-refractivity contribution in [3.05, 3.63) is 0 Å². The highest BCUT2D eigenvalue weighted by molar-refractivity contribution is 5.81. The summed E-state index contributed by atoms with van der Waals surface area (Å²) in [5.41, 5.74) is 5.71. The van der Waals surface area contributed by atoms with E-state index in [2.05, 4.69) is 6.92 Å². The first-order valence-electron chi connectivity index (χ1n) is 5.17. The van der Waals surface area contributed by atoms with E-state index in [1.807, 2.05) is 0 Å². The lowest BCUT2D eigenvalue weighted by Gasteiger charge is -2.22. The van der Waals surface area contributed by atoms with Crippen LogP contribution in [0.4, 0.5) is 0 Å². The van der Waals surface area contributed by atoms with Gasteiger partial charge >= 0.3 is 0 Å². The second-order valence-corrected chi connectivity index (χ2v) is 3.82. The van der Waals surface area contributed by atoms with Crippen molar-refractivity contribution in [3.63, 3.8) is 0 Å². The third kappa shape index (κ3) is 5.19. The normalized spacial score (nSPS) is 14.9. The molecule has 0 saturated heterocycles. The van der Waals surface area contributed by atoms with E-state index in [9.17, 15) is 4.79 Å². The Labute approximate surface area is 86.1 Å². The van der Waals surface area contributed by atoms with Gasteiger partial charge in [-0.1, -0.05) is 19.8 Å². The van der Waals surface area contributed by atoms with Gasteiger partial charge in [-0.05, 0) is 13.3 Å². The average Bonchev–Trinajstić information content (AvgIpc) is 2.11. The van der Waals surface area contributed by atoms with Crippen molar-refractivity contribution in [2.75, 3.05) is 13.6 Å². The molecule has 0 aromatic heterocycles. The van der Waals surface area contributed by atoms with E-state index in [0.29, 0.717) is 6.54 Å². The van der Waals surface area contributed by atoms with Crippen molar-refractivity contribution in [2.24, 2.45) is 5.73 Å². The number of carbonyl (C=O) groups excluding carboxylic acids is 1. The van der Waals surface area contributed by atoms with E-state index in [4.69, 9.17) is 10.8 Å². The zero-order chi connectivity index (χ0) is 11.1. The number of hydrogen-bond donors (Lipinski definition) is 2. The van der Waals surface area contributed by atoms with Crippen LogP contribution in [0.2, 0.25) is 0 Å². The molecule has 2 atom stereocenters. The van der Waals surface area contributed by atoms with E-state index >= 15 is 0 Å². The monoisotopic (exact) mass is 202 g/mol. The molecule has 0 aliphatic rings. The first-order chi connectivity index (χ1) is 6.49. The lowest BCUT2D eigenvalue weighted by atomic mass is 10.1. The first-order valence-corrected chi connectivity index (χ1v) is 5.17. The Morgan fingerprint density at radius 2 is 2.14 bits per heavy atom. The molecule has 0 saturated carbocycles. The molecule has 4 nitrogen and oxygen atoms in total. The largest absolute Gasteiger partial charge is 0.392 e. The van der Waals surface area contributed by atoms with E-state index in [0.717, 1.165) is 19.3 Å². The van der Waals surface area contributed by atoms with E-state index in [1.54, 1.807) is 14.0 Å². The average molecular weight is 202 g/mol. The van der Waals surface area contributed by atoms with Crippen LogP contribution in [0.1, 0.15) is 33.1 Å². The fraction of sp³-hybridized carbons (Fsp3) is 0.900. The molecule has 0 radical (unpaired) electrons. The molecule has 0 aliphatic carbocycles. The highest BCUT2D eigenvalue weighted by Crippen LogP contribution is 2.01. The number of nitrogens with zero attached hydrogens (tertiary/aromatic N) is 1. The maximum atomic E-state index is 11.6. The van der Waals surface area contributed by atoms with Crippen LogP contribution in [-0.2, 0) is 4.79 Å². The van der Waals surface area contributed by atoms with Crippen molar-refractivity contribution in [1.29, 1.82) is 0 Å². The standard InChI is InChI=1S/C10H22N2O2/c1-4-5-6-9(11)10(14)12(3)7-8(2)13/h8-9,13H,4-7,11H2,1-3H3/t8?,9-/m0/s1. The Bertz CT molecular complexity index is 172. The van der Waals surface area contributed by atoms with Gasteiger partial charge in [0, 0.05) is 13.6 Å². The molecular weight excluding hydrogens is 180 g/mol. The van der Waals surface area contributed by atoms with Crippen LogP contribution in [0.5, 0.6) is 0 Å². The van der Waals surface area contributed by atoms with Crippen molar-refractivity contribution in [3.8, 4) is 0 Å². The molecular formula is C10H22N2O2. The Kier molecular flexibility index (Phi) is 6.49. The van der Waals surface area contributed by atoms with Crippen molar-refractivity contribution < 1.29 is 9.90 Å². The van der Waals surface area contributed by atoms with Crippen molar-refractivity contribution in [2.45, 2.75) is 45.3 Å². The topological polar surface area (TPSA) is 66.6 Å². The van der Waals surface area contributed by atoms with Gasteiger partial charge in [-0.2, -0.15) is 0 Å². The molecule has 84 valence electrons. The van der Waals surface area contributed by atoms with Gasteiger partial charge in [0.2, 0.25) is 5.91 Å². The number of unbranched alkanes of at least 4 members (excludes halogenated alkanes) is 1. The molecule has 0 spiro atoms. The molecule has 4 heteroatoms. The highest BCUT2D eigenvalue weighted by Gasteiger charge is 2.17. The van der Waals surface area contributed by atoms with E-state index in [1.165, 1.54) is 4.90 Å². The predicted molar refractivity (Wildman–Crippen MR) is 56.8 cm³/mol. The fourth-order valence-corrected chi connectivity index (χ4v) is 1.32. The number of hydrogen-bond acceptors (Lipinski definition) is 3. The van der Waals surface area contributed by atoms with E-state index in [-0.39, 0.29) is 5.91 Å². The predicted octanol–water partition coefficient (Wildman–Crippen LogP) is 0.343. The number of amides is 1. The minimum Gasteiger partial charge on any atom is -0.392 e. The third-order valence-electron chi connectivity index (χ3n) is 2.10. The summed E-state index contributed by atoms with van der Waals surface area (Å²) in [5, 5.41) is 9.09. The molecule has 3 N–H and O–H groups in total. The molecule has 0 aromatic rings. The molecule has 0 aromatic carbocycles. The van der Waals surface area contributed by atoms with Crippen LogP contribution in [0, 0.1) is 0 Å². The molecule has 1 unspecified atom stereocenters. The quantitative estimate of drug-likeness (QED) is 0.653. The summed E-state index contributed by atoms with van der Waals surface area (Å²) in [6, 6.07) is -0.418. The van der Waals surface area contributed by atoms with Gasteiger partial charge in [-0.25, -0.2) is 0 Å². The maximum Gasteiger partial charge on any atom is 0.239 e. The smallest absolute Gasteiger partial charge is 0.239 e. The number of likely N-dealkylation sites (N-methyl/N-ethyl adjacent to an activating group) is 1. The minimum atomic E-state index is -0.498. The summed E-state index contributed by atoms with van der Waals surface area (Å²) in [6.45, 7) is 4.07. The summed E-state index contributed by atoms with van der Waals surface area (Å²) < 4.78 is 0. The number of aliphatic hydroxyl groups is 1. The molecule has 0 aliphatic heterocycles. The van der Waals surface area contributed by atoms with E-state index < -0.39 is 12.1 Å². The Morgan fingerprint density at radius 3 is 2.57 bits per heavy atom. The van der Waals surface area contributed by atoms with Crippen LogP contribution >= 0.6 is 0 Å². The fourth-order valence-electron chi connectivity index (χ4n) is 1.32. The lowest BCUT2D eigenvalue weighted by Crippen LogP contribution is -2.44. The van der Waals surface area contributed by atoms with Crippen LogP contribution in [0.15, 0.2) is 0 Å². The van der Waals surface area contributed by atoms with Crippen LogP contribution in [-0.4, -0.2) is 41.7 Å². The first kappa shape index (κ1) is 13.4. The summed E-state index contributed by atoms with van der Waals surface area (Å²) >= 11 is 0. The van der Waals surface area contributed by atoms with Gasteiger partial charge in [-0.3, -0.25) is 4.79 Å². The molecule has 0 rings (SSSR count).